The summed E-state index contributed by atoms with van der Waals surface area (Å²) in [6, 6.07) is 21.1. The van der Waals surface area contributed by atoms with Gasteiger partial charge in [0.1, 0.15) is 12.4 Å². The molecule has 3 aromatic rings. The van der Waals surface area contributed by atoms with E-state index in [4.69, 9.17) is 16.3 Å². The SMILES string of the molecule is Cc1ccc(CC(=O)N/N=C\c2cccc(OCc3ccc(Cl)cc3)c2)cc1C. The Morgan fingerprint density at radius 2 is 1.76 bits per heavy atom. The van der Waals surface area contributed by atoms with Gasteiger partial charge >= 0.3 is 0 Å². The summed E-state index contributed by atoms with van der Waals surface area (Å²) in [6.45, 7) is 4.54. The predicted molar refractivity (Wildman–Crippen MR) is 118 cm³/mol. The Bertz CT molecular complexity index is 1010. The fourth-order valence-electron chi connectivity index (χ4n) is 2.75. The highest BCUT2D eigenvalue weighted by Gasteiger charge is 2.03. The van der Waals surface area contributed by atoms with Crippen LogP contribution in [0.1, 0.15) is 27.8 Å². The van der Waals surface area contributed by atoms with E-state index in [2.05, 4.69) is 17.5 Å². The van der Waals surface area contributed by atoms with Crippen LogP contribution in [0.3, 0.4) is 0 Å². The van der Waals surface area contributed by atoms with Crippen LogP contribution in [0.4, 0.5) is 0 Å². The van der Waals surface area contributed by atoms with Crippen molar-refractivity contribution in [3.63, 3.8) is 0 Å². The number of nitrogens with one attached hydrogen (secondary N) is 1. The average molecular weight is 407 g/mol. The quantitative estimate of drug-likeness (QED) is 0.431. The van der Waals surface area contributed by atoms with Crippen molar-refractivity contribution >= 4 is 23.7 Å². The topological polar surface area (TPSA) is 50.7 Å². The molecule has 148 valence electrons. The molecule has 29 heavy (non-hydrogen) atoms. The number of hydrazone groups is 1. The molecule has 0 radical (unpaired) electrons. The summed E-state index contributed by atoms with van der Waals surface area (Å²) in [5.74, 6) is 0.574. The van der Waals surface area contributed by atoms with Crippen LogP contribution in [0.15, 0.2) is 71.8 Å². The highest BCUT2D eigenvalue weighted by atomic mass is 35.5. The number of hydrogen-bond acceptors (Lipinski definition) is 3. The number of hydrogen-bond donors (Lipinski definition) is 1. The van der Waals surface area contributed by atoms with E-state index in [0.29, 0.717) is 18.1 Å². The van der Waals surface area contributed by atoms with Gasteiger partial charge in [-0.2, -0.15) is 5.10 Å². The largest absolute Gasteiger partial charge is 0.489 e. The van der Waals surface area contributed by atoms with E-state index >= 15 is 0 Å². The van der Waals surface area contributed by atoms with Gasteiger partial charge in [-0.05, 0) is 65.9 Å². The molecular weight excluding hydrogens is 384 g/mol. The van der Waals surface area contributed by atoms with Crippen molar-refractivity contribution in [2.45, 2.75) is 26.9 Å². The second-order valence-corrected chi connectivity index (χ2v) is 7.31. The van der Waals surface area contributed by atoms with Gasteiger partial charge in [0.25, 0.3) is 0 Å². The summed E-state index contributed by atoms with van der Waals surface area (Å²) >= 11 is 5.89. The molecule has 1 N–H and O–H groups in total. The number of ether oxygens (including phenoxy) is 1. The summed E-state index contributed by atoms with van der Waals surface area (Å²) in [5, 5.41) is 4.75. The molecule has 0 heterocycles. The number of carbonyl (C=O) groups excluding carboxylic acids is 1. The summed E-state index contributed by atoms with van der Waals surface area (Å²) in [6.07, 6.45) is 1.90. The zero-order valence-corrected chi connectivity index (χ0v) is 17.2. The molecule has 0 bridgehead atoms. The van der Waals surface area contributed by atoms with E-state index in [1.54, 1.807) is 6.21 Å². The Hall–Kier alpha value is -3.11. The van der Waals surface area contributed by atoms with Crippen LogP contribution in [0.2, 0.25) is 5.02 Å². The minimum atomic E-state index is -0.153. The number of aryl methyl sites for hydroxylation is 2. The highest BCUT2D eigenvalue weighted by molar-refractivity contribution is 6.30. The lowest BCUT2D eigenvalue weighted by Gasteiger charge is -2.07. The van der Waals surface area contributed by atoms with E-state index in [-0.39, 0.29) is 5.91 Å². The molecule has 0 spiro atoms. The lowest BCUT2D eigenvalue weighted by atomic mass is 10.0. The molecule has 3 rings (SSSR count). The first kappa shape index (κ1) is 20.6. The van der Waals surface area contributed by atoms with Crippen molar-refractivity contribution in [2.75, 3.05) is 0 Å². The van der Waals surface area contributed by atoms with E-state index in [1.807, 2.05) is 73.7 Å². The minimum absolute atomic E-state index is 0.153. The molecule has 0 aromatic heterocycles. The molecule has 0 fully saturated rings. The van der Waals surface area contributed by atoms with Gasteiger partial charge in [-0.1, -0.05) is 54.1 Å². The molecule has 4 nitrogen and oxygen atoms in total. The summed E-state index contributed by atoms with van der Waals surface area (Å²) in [7, 11) is 0. The Labute approximate surface area is 176 Å². The average Bonchev–Trinajstić information content (AvgIpc) is 2.71. The Morgan fingerprint density at radius 1 is 1.00 bits per heavy atom. The Balaban J connectivity index is 1.52. The molecular formula is C24H23ClN2O2. The highest BCUT2D eigenvalue weighted by Crippen LogP contribution is 2.16. The van der Waals surface area contributed by atoms with Crippen LogP contribution in [0.25, 0.3) is 0 Å². The van der Waals surface area contributed by atoms with Gasteiger partial charge in [0, 0.05) is 5.02 Å². The zero-order chi connectivity index (χ0) is 20.6. The molecule has 0 aliphatic rings. The molecule has 0 aliphatic heterocycles. The van der Waals surface area contributed by atoms with Gasteiger partial charge in [-0.3, -0.25) is 4.79 Å². The zero-order valence-electron chi connectivity index (χ0n) is 16.5. The summed E-state index contributed by atoms with van der Waals surface area (Å²) < 4.78 is 5.81. The minimum Gasteiger partial charge on any atom is -0.489 e. The molecule has 3 aromatic carbocycles. The van der Waals surface area contributed by atoms with Crippen molar-refractivity contribution in [1.29, 1.82) is 0 Å². The van der Waals surface area contributed by atoms with Gasteiger partial charge in [-0.25, -0.2) is 5.43 Å². The fourth-order valence-corrected chi connectivity index (χ4v) is 2.88. The summed E-state index contributed by atoms with van der Waals surface area (Å²) in [4.78, 5) is 12.1. The maximum Gasteiger partial charge on any atom is 0.244 e. The second kappa shape index (κ2) is 9.89. The van der Waals surface area contributed by atoms with E-state index in [9.17, 15) is 4.79 Å². The number of halogens is 1. The molecule has 0 aliphatic carbocycles. The van der Waals surface area contributed by atoms with E-state index < -0.39 is 0 Å². The van der Waals surface area contributed by atoms with Crippen molar-refractivity contribution in [3.05, 3.63) is 99.6 Å². The molecule has 5 heteroatoms. The number of amides is 1. The fraction of sp³-hybridized carbons (Fsp3) is 0.167. The third-order valence-corrected chi connectivity index (χ3v) is 4.77. The number of nitrogens with zero attached hydrogens (tertiary/aromatic N) is 1. The Kier molecular flexibility index (Phi) is 7.04. The smallest absolute Gasteiger partial charge is 0.244 e. The lowest BCUT2D eigenvalue weighted by Crippen LogP contribution is -2.19. The molecule has 0 saturated heterocycles. The van der Waals surface area contributed by atoms with Crippen molar-refractivity contribution in [1.82, 2.24) is 5.43 Å². The van der Waals surface area contributed by atoms with Gasteiger partial charge in [-0.15, -0.1) is 0 Å². The van der Waals surface area contributed by atoms with Crippen LogP contribution in [-0.4, -0.2) is 12.1 Å². The van der Waals surface area contributed by atoms with Gasteiger partial charge in [0.05, 0.1) is 12.6 Å². The van der Waals surface area contributed by atoms with Gasteiger partial charge in [0.2, 0.25) is 5.91 Å². The standard InChI is InChI=1S/C24H23ClN2O2/c1-17-6-7-20(12-18(17)2)14-24(28)27-26-15-21-4-3-5-23(13-21)29-16-19-8-10-22(25)11-9-19/h3-13,15H,14,16H2,1-2H3,(H,27,28)/b26-15-. The maximum atomic E-state index is 12.1. The van der Waals surface area contributed by atoms with Gasteiger partial charge in [0.15, 0.2) is 0 Å². The van der Waals surface area contributed by atoms with Crippen LogP contribution in [0.5, 0.6) is 5.75 Å². The normalized spacial score (nSPS) is 10.9. The molecule has 0 unspecified atom stereocenters. The maximum absolute atomic E-state index is 12.1. The van der Waals surface area contributed by atoms with Crippen LogP contribution in [-0.2, 0) is 17.8 Å². The predicted octanol–water partition coefficient (Wildman–Crippen LogP) is 5.23. The first-order valence-electron chi connectivity index (χ1n) is 9.35. The molecule has 0 saturated carbocycles. The number of benzene rings is 3. The first-order valence-corrected chi connectivity index (χ1v) is 9.73. The van der Waals surface area contributed by atoms with Crippen molar-refractivity contribution < 1.29 is 9.53 Å². The Morgan fingerprint density at radius 3 is 2.52 bits per heavy atom. The lowest BCUT2D eigenvalue weighted by molar-refractivity contribution is -0.120. The monoisotopic (exact) mass is 406 g/mol. The third kappa shape index (κ3) is 6.47. The third-order valence-electron chi connectivity index (χ3n) is 4.52. The van der Waals surface area contributed by atoms with E-state index in [1.165, 1.54) is 11.1 Å². The van der Waals surface area contributed by atoms with Crippen molar-refractivity contribution in [3.8, 4) is 5.75 Å². The number of carbonyl (C=O) groups is 1. The second-order valence-electron chi connectivity index (χ2n) is 6.88. The first-order chi connectivity index (χ1) is 14.0. The van der Waals surface area contributed by atoms with E-state index in [0.717, 1.165) is 22.4 Å². The van der Waals surface area contributed by atoms with Crippen molar-refractivity contribution in [2.24, 2.45) is 5.10 Å². The molecule has 0 atom stereocenters. The van der Waals surface area contributed by atoms with Crippen LogP contribution in [0, 0.1) is 13.8 Å². The van der Waals surface area contributed by atoms with Gasteiger partial charge < -0.3 is 4.74 Å². The summed E-state index contributed by atoms with van der Waals surface area (Å²) in [5.41, 5.74) is 7.81. The number of rotatable bonds is 7. The molecule has 1 amide bonds. The van der Waals surface area contributed by atoms with Crippen LogP contribution < -0.4 is 10.2 Å². The van der Waals surface area contributed by atoms with Crippen LogP contribution >= 0.6 is 11.6 Å².